The van der Waals surface area contributed by atoms with E-state index < -0.39 is 0 Å². The molecule has 0 bridgehead atoms. The van der Waals surface area contributed by atoms with Crippen molar-refractivity contribution in [2.45, 2.75) is 12.8 Å². The number of likely N-dealkylation sites (tertiary alicyclic amines) is 1. The van der Waals surface area contributed by atoms with Crippen molar-refractivity contribution < 1.29 is 14.2 Å². The fourth-order valence-electron chi connectivity index (χ4n) is 4.71. The van der Waals surface area contributed by atoms with Crippen LogP contribution < -0.4 is 10.5 Å². The van der Waals surface area contributed by atoms with Crippen molar-refractivity contribution in [1.29, 1.82) is 0 Å². The third-order valence-corrected chi connectivity index (χ3v) is 6.61. The van der Waals surface area contributed by atoms with Gasteiger partial charge in [0.25, 0.3) is 5.91 Å². The Morgan fingerprint density at radius 3 is 2.37 bits per heavy atom. The number of fused-ring (bicyclic) bond motifs is 2. The van der Waals surface area contributed by atoms with E-state index >= 15 is 0 Å². The van der Waals surface area contributed by atoms with Crippen molar-refractivity contribution in [1.82, 2.24) is 4.90 Å². The van der Waals surface area contributed by atoms with Crippen LogP contribution >= 0.6 is 0 Å². The van der Waals surface area contributed by atoms with Crippen LogP contribution in [0.1, 0.15) is 23.2 Å². The molecular weight excluding hydrogens is 437 g/mol. The number of carbonyl (C=O) groups excluding carboxylic acids is 2. The number of carbonyl (C=O) groups is 2. The smallest absolute Gasteiger partial charge is 0.422 e. The molecule has 2 N–H and O–H groups in total. The van der Waals surface area contributed by atoms with E-state index in [0.717, 1.165) is 32.9 Å². The summed E-state index contributed by atoms with van der Waals surface area (Å²) in [6.45, 7) is 1.13. The van der Waals surface area contributed by atoms with E-state index in [4.69, 9.17) is 4.65 Å². The van der Waals surface area contributed by atoms with Crippen molar-refractivity contribution in [2.24, 2.45) is 5.92 Å². The van der Waals surface area contributed by atoms with Gasteiger partial charge in [-0.05, 0) is 53.3 Å². The monoisotopic (exact) mass is 464 g/mol. The Morgan fingerprint density at radius 1 is 0.886 bits per heavy atom. The minimum Gasteiger partial charge on any atom is -0.422 e. The van der Waals surface area contributed by atoms with Gasteiger partial charge in [-0.2, -0.15) is 0 Å². The van der Waals surface area contributed by atoms with E-state index in [-0.39, 0.29) is 17.7 Å². The van der Waals surface area contributed by atoms with Crippen LogP contribution in [-0.2, 0) is 9.45 Å². The first kappa shape index (κ1) is 22.9. The summed E-state index contributed by atoms with van der Waals surface area (Å²) < 4.78 is 5.00. The van der Waals surface area contributed by atoms with Gasteiger partial charge in [-0.3, -0.25) is 9.59 Å². The quantitative estimate of drug-likeness (QED) is 0.391. The lowest BCUT2D eigenvalue weighted by Crippen LogP contribution is -2.41. The molecule has 5 rings (SSSR count). The van der Waals surface area contributed by atoms with Crippen LogP contribution in [0.4, 0.5) is 11.4 Å². The number of benzene rings is 4. The molecule has 0 unspecified atom stereocenters. The van der Waals surface area contributed by atoms with Gasteiger partial charge in [-0.25, -0.2) is 0 Å². The highest BCUT2D eigenvalue weighted by Gasteiger charge is 2.28. The molecule has 4 aromatic rings. The molecule has 1 aliphatic heterocycles. The standard InChI is InChI=1S/C28H27BN3O3/c1-35-29-31-24-17-22-8-4-5-9-25(22)26(18-24)30-27(33)20-12-14-32(15-13-20)28(34)23-11-10-19-6-2-3-7-21(19)16-23/h2-11,16-18,20,31H,12-15H2,1H3,(H,30,33). The zero-order valence-electron chi connectivity index (χ0n) is 19.7. The van der Waals surface area contributed by atoms with Crippen molar-refractivity contribution in [3.63, 3.8) is 0 Å². The van der Waals surface area contributed by atoms with Crippen molar-refractivity contribution in [3.05, 3.63) is 84.4 Å². The Kier molecular flexibility index (Phi) is 6.68. The third-order valence-electron chi connectivity index (χ3n) is 6.61. The van der Waals surface area contributed by atoms with Crippen LogP contribution in [-0.4, -0.2) is 44.5 Å². The molecular formula is C28H27BN3O3. The molecule has 1 fully saturated rings. The molecule has 1 saturated heterocycles. The highest BCUT2D eigenvalue weighted by Crippen LogP contribution is 2.30. The first-order valence-electron chi connectivity index (χ1n) is 11.8. The van der Waals surface area contributed by atoms with Gasteiger partial charge in [0.05, 0.1) is 5.69 Å². The summed E-state index contributed by atoms with van der Waals surface area (Å²) in [5, 5.41) is 10.4. The Labute approximate surface area is 205 Å². The number of piperidine rings is 1. The molecule has 4 aromatic carbocycles. The lowest BCUT2D eigenvalue weighted by atomic mass is 9.94. The summed E-state index contributed by atoms with van der Waals surface area (Å²) in [7, 11) is 3.08. The van der Waals surface area contributed by atoms with Gasteiger partial charge in [0.1, 0.15) is 0 Å². The van der Waals surface area contributed by atoms with Crippen molar-refractivity contribution >= 4 is 52.4 Å². The molecule has 0 aliphatic carbocycles. The van der Waals surface area contributed by atoms with Gasteiger partial charge in [0, 0.05) is 42.8 Å². The maximum Gasteiger partial charge on any atom is 0.435 e. The number of nitrogens with one attached hydrogen (secondary N) is 2. The average Bonchev–Trinajstić information content (AvgIpc) is 2.91. The van der Waals surface area contributed by atoms with E-state index in [1.54, 1.807) is 7.11 Å². The maximum absolute atomic E-state index is 13.2. The topological polar surface area (TPSA) is 70.7 Å². The Balaban J connectivity index is 1.25. The minimum absolute atomic E-state index is 0.0131. The summed E-state index contributed by atoms with van der Waals surface area (Å²) in [6, 6.07) is 25.7. The van der Waals surface area contributed by atoms with Gasteiger partial charge < -0.3 is 20.1 Å². The number of hydrogen-bond donors (Lipinski definition) is 2. The van der Waals surface area contributed by atoms with E-state index in [1.165, 1.54) is 7.62 Å². The second kappa shape index (κ2) is 10.2. The molecule has 175 valence electrons. The Bertz CT molecular complexity index is 1380. The first-order chi connectivity index (χ1) is 17.1. The minimum atomic E-state index is -0.142. The predicted octanol–water partition coefficient (Wildman–Crippen LogP) is 5.08. The number of hydrogen-bond acceptors (Lipinski definition) is 4. The van der Waals surface area contributed by atoms with Crippen LogP contribution in [0.3, 0.4) is 0 Å². The molecule has 0 spiro atoms. The van der Waals surface area contributed by atoms with Gasteiger partial charge in [-0.1, -0.05) is 54.6 Å². The normalized spacial score (nSPS) is 14.1. The molecule has 0 saturated carbocycles. The van der Waals surface area contributed by atoms with Gasteiger partial charge in [0.2, 0.25) is 5.91 Å². The summed E-state index contributed by atoms with van der Waals surface area (Å²) in [6.07, 6.45) is 1.27. The molecule has 0 atom stereocenters. The van der Waals surface area contributed by atoms with Crippen LogP contribution in [0.2, 0.25) is 0 Å². The maximum atomic E-state index is 13.2. The van der Waals surface area contributed by atoms with Gasteiger partial charge in [0.15, 0.2) is 0 Å². The summed E-state index contributed by atoms with van der Waals surface area (Å²) >= 11 is 0. The second-order valence-corrected chi connectivity index (χ2v) is 8.86. The lowest BCUT2D eigenvalue weighted by Gasteiger charge is -2.31. The Hall–Kier alpha value is -3.84. The number of amides is 2. The van der Waals surface area contributed by atoms with Crippen molar-refractivity contribution in [3.8, 4) is 0 Å². The molecule has 2 amide bonds. The van der Waals surface area contributed by atoms with Gasteiger partial charge in [-0.15, -0.1) is 0 Å². The Morgan fingerprint density at radius 2 is 1.60 bits per heavy atom. The SMILES string of the molecule is CO[B]Nc1cc(NC(=O)C2CCN(C(=O)c3ccc4ccccc4c3)CC2)c2ccccc2c1. The average molecular weight is 464 g/mol. The molecule has 1 radical (unpaired) electrons. The lowest BCUT2D eigenvalue weighted by molar-refractivity contribution is -0.121. The molecule has 6 nitrogen and oxygen atoms in total. The number of nitrogens with zero attached hydrogens (tertiary/aromatic N) is 1. The highest BCUT2D eigenvalue weighted by atomic mass is 16.4. The van der Waals surface area contributed by atoms with Gasteiger partial charge >= 0.3 is 7.62 Å². The fourth-order valence-corrected chi connectivity index (χ4v) is 4.71. The largest absolute Gasteiger partial charge is 0.435 e. The van der Waals surface area contributed by atoms with Crippen LogP contribution in [0.25, 0.3) is 21.5 Å². The van der Waals surface area contributed by atoms with Crippen molar-refractivity contribution in [2.75, 3.05) is 30.7 Å². The van der Waals surface area contributed by atoms with Crippen LogP contribution in [0.5, 0.6) is 0 Å². The van der Waals surface area contributed by atoms with Crippen LogP contribution in [0.15, 0.2) is 78.9 Å². The van der Waals surface area contributed by atoms with Crippen LogP contribution in [0, 0.1) is 5.92 Å². The first-order valence-corrected chi connectivity index (χ1v) is 11.8. The molecule has 1 heterocycles. The third kappa shape index (κ3) is 5.00. The second-order valence-electron chi connectivity index (χ2n) is 8.86. The number of anilines is 2. The van der Waals surface area contributed by atoms with E-state index in [2.05, 4.69) is 10.5 Å². The zero-order chi connectivity index (χ0) is 24.2. The summed E-state index contributed by atoms with van der Waals surface area (Å²) in [5.74, 6) is -0.133. The van der Waals surface area contributed by atoms with E-state index in [0.29, 0.717) is 31.5 Å². The molecule has 35 heavy (non-hydrogen) atoms. The number of rotatable bonds is 6. The predicted molar refractivity (Wildman–Crippen MR) is 142 cm³/mol. The van der Waals surface area contributed by atoms with E-state index in [1.807, 2.05) is 83.8 Å². The molecule has 7 heteroatoms. The zero-order valence-corrected chi connectivity index (χ0v) is 19.7. The summed E-state index contributed by atoms with van der Waals surface area (Å²) in [4.78, 5) is 28.1. The highest BCUT2D eigenvalue weighted by molar-refractivity contribution is 6.32. The molecule has 1 aliphatic rings. The summed E-state index contributed by atoms with van der Waals surface area (Å²) in [5.41, 5.74) is 2.28. The van der Waals surface area contributed by atoms with E-state index in [9.17, 15) is 9.59 Å². The molecule has 0 aromatic heterocycles. The fraction of sp³-hybridized carbons (Fsp3) is 0.214.